The smallest absolute Gasteiger partial charge is 0.253 e. The van der Waals surface area contributed by atoms with E-state index in [1.165, 1.54) is 5.69 Å². The van der Waals surface area contributed by atoms with Gasteiger partial charge in [-0.2, -0.15) is 0 Å². The molecule has 2 aliphatic heterocycles. The van der Waals surface area contributed by atoms with Gasteiger partial charge in [-0.05, 0) is 63.8 Å². The fourth-order valence-corrected chi connectivity index (χ4v) is 4.12. The number of piperazine rings is 1. The predicted molar refractivity (Wildman–Crippen MR) is 122 cm³/mol. The number of benzene rings is 1. The lowest BCUT2D eigenvalue weighted by molar-refractivity contribution is 0.0661. The molecule has 1 amide bonds. The lowest BCUT2D eigenvalue weighted by atomic mass is 9.92. The van der Waals surface area contributed by atoms with Crippen LogP contribution in [0.2, 0.25) is 0 Å². The molecule has 0 bridgehead atoms. The zero-order valence-electron chi connectivity index (χ0n) is 17.3. The Morgan fingerprint density at radius 2 is 1.61 bits per heavy atom. The minimum atomic E-state index is 0. The average molecular weight is 431 g/mol. The topological polar surface area (TPSA) is 52.8 Å². The van der Waals surface area contributed by atoms with E-state index in [9.17, 15) is 4.79 Å². The molecular formula is C21H36Cl2N4O. The molecule has 2 heterocycles. The number of carbonyl (C=O) groups is 1. The number of halogens is 2. The van der Waals surface area contributed by atoms with Gasteiger partial charge < -0.3 is 15.5 Å². The van der Waals surface area contributed by atoms with Crippen molar-refractivity contribution in [2.75, 3.05) is 44.2 Å². The van der Waals surface area contributed by atoms with Crippen molar-refractivity contribution in [2.45, 2.75) is 45.7 Å². The molecule has 2 fully saturated rings. The summed E-state index contributed by atoms with van der Waals surface area (Å²) in [6, 6.07) is 8.94. The van der Waals surface area contributed by atoms with Crippen LogP contribution in [-0.2, 0) is 0 Å². The summed E-state index contributed by atoms with van der Waals surface area (Å²) in [4.78, 5) is 19.7. The quantitative estimate of drug-likeness (QED) is 0.795. The first kappa shape index (κ1) is 25.0. The van der Waals surface area contributed by atoms with Crippen LogP contribution in [0.3, 0.4) is 0 Å². The molecule has 2 unspecified atom stereocenters. The monoisotopic (exact) mass is 430 g/mol. The first-order chi connectivity index (χ1) is 12.5. The van der Waals surface area contributed by atoms with Gasteiger partial charge in [0, 0.05) is 62.6 Å². The summed E-state index contributed by atoms with van der Waals surface area (Å²) in [5.41, 5.74) is 8.06. The SMILES string of the molecule is CC(N)C1CCCN(C(=O)c2ccc(N3CCN(C(C)C)CC3)cc2)C1.Cl.Cl. The Kier molecular flexibility index (Phi) is 10.1. The minimum absolute atomic E-state index is 0. The summed E-state index contributed by atoms with van der Waals surface area (Å²) in [5, 5.41) is 0. The molecule has 28 heavy (non-hydrogen) atoms. The Labute approximate surface area is 182 Å². The van der Waals surface area contributed by atoms with Gasteiger partial charge in [0.15, 0.2) is 0 Å². The van der Waals surface area contributed by atoms with Gasteiger partial charge in [0.25, 0.3) is 5.91 Å². The summed E-state index contributed by atoms with van der Waals surface area (Å²) < 4.78 is 0. The summed E-state index contributed by atoms with van der Waals surface area (Å²) in [6.07, 6.45) is 2.18. The third-order valence-corrected chi connectivity index (χ3v) is 6.01. The zero-order chi connectivity index (χ0) is 18.7. The zero-order valence-corrected chi connectivity index (χ0v) is 19.0. The third kappa shape index (κ3) is 5.99. The minimum Gasteiger partial charge on any atom is -0.369 e. The van der Waals surface area contributed by atoms with Crippen LogP contribution < -0.4 is 10.6 Å². The van der Waals surface area contributed by atoms with Gasteiger partial charge in [0.1, 0.15) is 0 Å². The molecule has 5 nitrogen and oxygen atoms in total. The van der Waals surface area contributed by atoms with E-state index in [0.29, 0.717) is 12.0 Å². The van der Waals surface area contributed by atoms with Crippen LogP contribution in [0.4, 0.5) is 5.69 Å². The van der Waals surface area contributed by atoms with E-state index in [-0.39, 0.29) is 36.8 Å². The maximum Gasteiger partial charge on any atom is 0.253 e. The Balaban J connectivity index is 0.00000196. The second-order valence-corrected chi connectivity index (χ2v) is 8.18. The standard InChI is InChI=1S/C21H34N4O.2ClH/c1-16(2)23-11-13-24(14-12-23)20-8-6-18(7-9-20)21(26)25-10-4-5-19(15-25)17(3)22;;/h6-9,16-17,19H,4-5,10-15,22H2,1-3H3;2*1H. The van der Waals surface area contributed by atoms with Crippen LogP contribution in [0.25, 0.3) is 0 Å². The van der Waals surface area contributed by atoms with Gasteiger partial charge in [-0.25, -0.2) is 0 Å². The van der Waals surface area contributed by atoms with Gasteiger partial charge in [0.2, 0.25) is 0 Å². The normalized spacial score (nSPS) is 21.7. The highest BCUT2D eigenvalue weighted by atomic mass is 35.5. The first-order valence-corrected chi connectivity index (χ1v) is 10.1. The molecule has 2 N–H and O–H groups in total. The maximum atomic E-state index is 12.8. The molecule has 0 radical (unpaired) electrons. The summed E-state index contributed by atoms with van der Waals surface area (Å²) in [6.45, 7) is 12.5. The maximum absolute atomic E-state index is 12.8. The average Bonchev–Trinajstić information content (AvgIpc) is 2.67. The molecule has 2 aliphatic rings. The Morgan fingerprint density at radius 1 is 1.00 bits per heavy atom. The number of hydrogen-bond acceptors (Lipinski definition) is 4. The highest BCUT2D eigenvalue weighted by Gasteiger charge is 2.26. The van der Waals surface area contributed by atoms with Gasteiger partial charge >= 0.3 is 0 Å². The van der Waals surface area contributed by atoms with E-state index < -0.39 is 0 Å². The fourth-order valence-electron chi connectivity index (χ4n) is 4.12. The highest BCUT2D eigenvalue weighted by molar-refractivity contribution is 5.94. The van der Waals surface area contributed by atoms with E-state index >= 15 is 0 Å². The molecule has 2 saturated heterocycles. The second kappa shape index (κ2) is 11.2. The number of nitrogens with two attached hydrogens (primary N) is 1. The van der Waals surface area contributed by atoms with Crippen molar-refractivity contribution in [2.24, 2.45) is 11.7 Å². The Bertz CT molecular complexity index is 601. The van der Waals surface area contributed by atoms with Crippen molar-refractivity contribution in [3.8, 4) is 0 Å². The molecule has 1 aromatic rings. The third-order valence-electron chi connectivity index (χ3n) is 6.01. The van der Waals surface area contributed by atoms with Crippen molar-refractivity contribution >= 4 is 36.4 Å². The van der Waals surface area contributed by atoms with E-state index in [1.807, 2.05) is 24.0 Å². The van der Waals surface area contributed by atoms with Crippen molar-refractivity contribution in [1.82, 2.24) is 9.80 Å². The molecular weight excluding hydrogens is 395 g/mol. The van der Waals surface area contributed by atoms with Crippen LogP contribution in [-0.4, -0.2) is 67.1 Å². The number of amides is 1. The second-order valence-electron chi connectivity index (χ2n) is 8.18. The number of carbonyl (C=O) groups excluding carboxylic acids is 1. The van der Waals surface area contributed by atoms with E-state index in [0.717, 1.165) is 57.7 Å². The molecule has 160 valence electrons. The van der Waals surface area contributed by atoms with Crippen molar-refractivity contribution < 1.29 is 4.79 Å². The molecule has 0 spiro atoms. The molecule has 7 heteroatoms. The van der Waals surface area contributed by atoms with Crippen LogP contribution >= 0.6 is 24.8 Å². The van der Waals surface area contributed by atoms with Gasteiger partial charge in [0.05, 0.1) is 0 Å². The van der Waals surface area contributed by atoms with E-state index in [4.69, 9.17) is 5.73 Å². The lowest BCUT2D eigenvalue weighted by Gasteiger charge is -2.38. The largest absolute Gasteiger partial charge is 0.369 e. The first-order valence-electron chi connectivity index (χ1n) is 10.1. The van der Waals surface area contributed by atoms with Crippen molar-refractivity contribution in [3.05, 3.63) is 29.8 Å². The summed E-state index contributed by atoms with van der Waals surface area (Å²) >= 11 is 0. The number of piperidine rings is 1. The number of rotatable bonds is 4. The van der Waals surface area contributed by atoms with Gasteiger partial charge in [-0.1, -0.05) is 0 Å². The van der Waals surface area contributed by atoms with Crippen molar-refractivity contribution in [3.63, 3.8) is 0 Å². The molecule has 2 atom stereocenters. The van der Waals surface area contributed by atoms with Crippen LogP contribution in [0.1, 0.15) is 44.0 Å². The highest BCUT2D eigenvalue weighted by Crippen LogP contribution is 2.22. The number of nitrogens with zero attached hydrogens (tertiary/aromatic N) is 3. The van der Waals surface area contributed by atoms with E-state index in [2.05, 4.69) is 35.8 Å². The molecule has 0 saturated carbocycles. The van der Waals surface area contributed by atoms with Crippen LogP contribution in [0.5, 0.6) is 0 Å². The Morgan fingerprint density at radius 3 is 2.14 bits per heavy atom. The van der Waals surface area contributed by atoms with Crippen molar-refractivity contribution in [1.29, 1.82) is 0 Å². The van der Waals surface area contributed by atoms with Gasteiger partial charge in [-0.3, -0.25) is 9.69 Å². The molecule has 1 aromatic carbocycles. The number of likely N-dealkylation sites (tertiary alicyclic amines) is 1. The number of hydrogen-bond donors (Lipinski definition) is 1. The molecule has 0 aliphatic carbocycles. The predicted octanol–water partition coefficient (Wildman–Crippen LogP) is 3.26. The lowest BCUT2D eigenvalue weighted by Crippen LogP contribution is -2.48. The number of anilines is 1. The Hall–Kier alpha value is -1.01. The van der Waals surface area contributed by atoms with Crippen LogP contribution in [0.15, 0.2) is 24.3 Å². The van der Waals surface area contributed by atoms with Crippen LogP contribution in [0, 0.1) is 5.92 Å². The summed E-state index contributed by atoms with van der Waals surface area (Å²) in [5.74, 6) is 0.566. The van der Waals surface area contributed by atoms with E-state index in [1.54, 1.807) is 0 Å². The summed E-state index contributed by atoms with van der Waals surface area (Å²) in [7, 11) is 0. The van der Waals surface area contributed by atoms with Gasteiger partial charge in [-0.15, -0.1) is 24.8 Å². The molecule has 0 aromatic heterocycles. The fraction of sp³-hybridized carbons (Fsp3) is 0.667. The molecule has 3 rings (SSSR count).